The molecule has 0 radical (unpaired) electrons. The van der Waals surface area contributed by atoms with Gasteiger partial charge in [0.2, 0.25) is 0 Å². The fourth-order valence-corrected chi connectivity index (χ4v) is 0.988. The quantitative estimate of drug-likeness (QED) is 0.485. The Morgan fingerprint density at radius 2 is 2.50 bits per heavy atom. The second kappa shape index (κ2) is 2.98. The Morgan fingerprint density at radius 3 is 2.90 bits per heavy atom. The average molecular weight is 146 g/mol. The third-order valence-corrected chi connectivity index (χ3v) is 1.63. The summed E-state index contributed by atoms with van der Waals surface area (Å²) in [5.41, 5.74) is 0. The predicted molar refractivity (Wildman–Crippen MR) is 32.2 cm³/mol. The van der Waals surface area contributed by atoms with Crippen molar-refractivity contribution in [3.05, 3.63) is 0 Å². The monoisotopic (exact) mass is 146 g/mol. The highest BCUT2D eigenvalue weighted by molar-refractivity contribution is 5.74. The highest BCUT2D eigenvalue weighted by Crippen LogP contribution is 2.17. The second-order valence-electron chi connectivity index (χ2n) is 2.31. The predicted octanol–water partition coefficient (Wildman–Crippen LogP) is -1.10. The zero-order valence-corrected chi connectivity index (χ0v) is 5.49. The summed E-state index contributed by atoms with van der Waals surface area (Å²) >= 11 is 0. The molecule has 0 aromatic heterocycles. The Morgan fingerprint density at radius 1 is 1.80 bits per heavy atom. The van der Waals surface area contributed by atoms with Crippen molar-refractivity contribution in [2.45, 2.75) is 12.5 Å². The van der Waals surface area contributed by atoms with Gasteiger partial charge in [0.25, 0.3) is 0 Å². The van der Waals surface area contributed by atoms with E-state index in [0.29, 0.717) is 13.0 Å². The molecule has 10 heavy (non-hydrogen) atoms. The molecule has 2 N–H and O–H groups in total. The van der Waals surface area contributed by atoms with Crippen molar-refractivity contribution >= 4 is 5.97 Å². The molecule has 0 spiro atoms. The Hall–Kier alpha value is -0.610. The van der Waals surface area contributed by atoms with Gasteiger partial charge in [0.05, 0.1) is 25.2 Å². The number of rotatable bonds is 2. The normalized spacial score (nSPS) is 28.2. The third kappa shape index (κ3) is 1.27. The van der Waals surface area contributed by atoms with E-state index >= 15 is 0 Å². The Kier molecular flexibility index (Phi) is 2.24. The van der Waals surface area contributed by atoms with Crippen LogP contribution in [0.1, 0.15) is 6.42 Å². The lowest BCUT2D eigenvalue weighted by molar-refractivity contribution is -0.144. The number of hydrogen-bond acceptors (Lipinski definition) is 4. The van der Waals surface area contributed by atoms with E-state index < -0.39 is 18.0 Å². The molecular formula is C6H10O4. The van der Waals surface area contributed by atoms with Crippen molar-refractivity contribution in [3.63, 3.8) is 0 Å². The first-order valence-electron chi connectivity index (χ1n) is 3.21. The number of aliphatic hydroxyl groups excluding tert-OH is 2. The first kappa shape index (κ1) is 7.50. The third-order valence-electron chi connectivity index (χ3n) is 1.63. The molecule has 0 amide bonds. The van der Waals surface area contributed by atoms with E-state index in [0.717, 1.165) is 0 Å². The molecule has 0 bridgehead atoms. The lowest BCUT2D eigenvalue weighted by Crippen LogP contribution is -2.27. The minimum atomic E-state index is -0.949. The Bertz CT molecular complexity index is 134. The number of carbonyl (C=O) groups is 1. The molecule has 0 aliphatic carbocycles. The van der Waals surface area contributed by atoms with E-state index in [1.807, 2.05) is 0 Å². The van der Waals surface area contributed by atoms with Gasteiger partial charge >= 0.3 is 5.97 Å². The van der Waals surface area contributed by atoms with Gasteiger partial charge in [-0.25, -0.2) is 0 Å². The molecule has 4 heteroatoms. The summed E-state index contributed by atoms with van der Waals surface area (Å²) in [4.78, 5) is 10.7. The van der Waals surface area contributed by atoms with Gasteiger partial charge in [0.1, 0.15) is 0 Å². The van der Waals surface area contributed by atoms with E-state index in [-0.39, 0.29) is 6.61 Å². The van der Waals surface area contributed by atoms with Gasteiger partial charge in [-0.15, -0.1) is 0 Å². The number of carbonyl (C=O) groups excluding carboxylic acids is 1. The van der Waals surface area contributed by atoms with Crippen LogP contribution in [0.15, 0.2) is 0 Å². The highest BCUT2D eigenvalue weighted by Gasteiger charge is 2.32. The average Bonchev–Trinajstić information content (AvgIpc) is 2.34. The van der Waals surface area contributed by atoms with Crippen LogP contribution in [0.2, 0.25) is 0 Å². The summed E-state index contributed by atoms with van der Waals surface area (Å²) in [6, 6.07) is 0. The van der Waals surface area contributed by atoms with Crippen LogP contribution in [-0.2, 0) is 9.53 Å². The highest BCUT2D eigenvalue weighted by atomic mass is 16.5. The maximum absolute atomic E-state index is 10.7. The summed E-state index contributed by atoms with van der Waals surface area (Å²) < 4.78 is 4.58. The van der Waals surface area contributed by atoms with Gasteiger partial charge < -0.3 is 14.9 Å². The maximum atomic E-state index is 10.7. The van der Waals surface area contributed by atoms with Gasteiger partial charge in [0.15, 0.2) is 0 Å². The van der Waals surface area contributed by atoms with Crippen molar-refractivity contribution < 1.29 is 19.7 Å². The van der Waals surface area contributed by atoms with Crippen LogP contribution in [0.5, 0.6) is 0 Å². The van der Waals surface area contributed by atoms with E-state index in [2.05, 4.69) is 4.74 Å². The molecule has 1 heterocycles. The molecule has 58 valence electrons. The summed E-state index contributed by atoms with van der Waals surface area (Å²) in [6.45, 7) is -0.0136. The van der Waals surface area contributed by atoms with Gasteiger partial charge in [-0.3, -0.25) is 4.79 Å². The topological polar surface area (TPSA) is 66.8 Å². The smallest absolute Gasteiger partial charge is 0.311 e. The molecule has 0 saturated carbocycles. The first-order valence-corrected chi connectivity index (χ1v) is 3.21. The van der Waals surface area contributed by atoms with E-state index in [1.165, 1.54) is 0 Å². The summed E-state index contributed by atoms with van der Waals surface area (Å²) in [5, 5.41) is 17.4. The molecule has 1 aliphatic heterocycles. The van der Waals surface area contributed by atoms with Crippen molar-refractivity contribution in [2.75, 3.05) is 13.2 Å². The lowest BCUT2D eigenvalue weighted by atomic mass is 10.0. The molecule has 0 aromatic rings. The second-order valence-corrected chi connectivity index (χ2v) is 2.31. The molecule has 1 saturated heterocycles. The number of aliphatic hydroxyl groups is 2. The van der Waals surface area contributed by atoms with E-state index in [4.69, 9.17) is 10.2 Å². The number of esters is 1. The van der Waals surface area contributed by atoms with Gasteiger partial charge in [-0.05, 0) is 6.42 Å². The van der Waals surface area contributed by atoms with Crippen molar-refractivity contribution in [1.82, 2.24) is 0 Å². The minimum absolute atomic E-state index is 0.362. The number of cyclic esters (lactones) is 1. The fraction of sp³-hybridized carbons (Fsp3) is 0.833. The van der Waals surface area contributed by atoms with Crippen LogP contribution < -0.4 is 0 Å². The van der Waals surface area contributed by atoms with Crippen molar-refractivity contribution in [2.24, 2.45) is 5.92 Å². The summed E-state index contributed by atoms with van der Waals surface area (Å²) in [5.74, 6) is -0.911. The van der Waals surface area contributed by atoms with Crippen LogP contribution >= 0.6 is 0 Å². The first-order chi connectivity index (χ1) is 4.75. The van der Waals surface area contributed by atoms with Gasteiger partial charge in [-0.2, -0.15) is 0 Å². The number of ether oxygens (including phenoxy) is 1. The van der Waals surface area contributed by atoms with E-state index in [9.17, 15) is 4.79 Å². The molecule has 0 aromatic carbocycles. The zero-order valence-electron chi connectivity index (χ0n) is 5.49. The summed E-state index contributed by atoms with van der Waals surface area (Å²) in [7, 11) is 0. The molecule has 4 nitrogen and oxygen atoms in total. The molecule has 1 aliphatic rings. The standard InChI is InChI=1S/C6H10O4/c7-3-5(8)4-1-2-10-6(4)9/h4-5,7-8H,1-3H2/t4-,5-/m1/s1. The van der Waals surface area contributed by atoms with E-state index in [1.54, 1.807) is 0 Å². The molecule has 1 fully saturated rings. The molecular weight excluding hydrogens is 136 g/mol. The van der Waals surface area contributed by atoms with Gasteiger partial charge in [0, 0.05) is 0 Å². The largest absolute Gasteiger partial charge is 0.465 e. The van der Waals surface area contributed by atoms with Crippen LogP contribution in [0.4, 0.5) is 0 Å². The maximum Gasteiger partial charge on any atom is 0.311 e. The SMILES string of the molecule is O=C1OCC[C@@H]1[C@H](O)CO. The number of hydrogen-bond donors (Lipinski definition) is 2. The Balaban J connectivity index is 2.46. The van der Waals surface area contributed by atoms with Crippen LogP contribution in [0.3, 0.4) is 0 Å². The fourth-order valence-electron chi connectivity index (χ4n) is 0.988. The minimum Gasteiger partial charge on any atom is -0.465 e. The van der Waals surface area contributed by atoms with Crippen LogP contribution in [0, 0.1) is 5.92 Å². The molecule has 2 atom stereocenters. The van der Waals surface area contributed by atoms with Crippen molar-refractivity contribution in [3.8, 4) is 0 Å². The Labute approximate surface area is 58.4 Å². The van der Waals surface area contributed by atoms with Gasteiger partial charge in [-0.1, -0.05) is 0 Å². The zero-order chi connectivity index (χ0) is 7.56. The van der Waals surface area contributed by atoms with Crippen molar-refractivity contribution in [1.29, 1.82) is 0 Å². The molecule has 0 unspecified atom stereocenters. The molecule has 1 rings (SSSR count). The van der Waals surface area contributed by atoms with Crippen LogP contribution in [0.25, 0.3) is 0 Å². The van der Waals surface area contributed by atoms with Crippen LogP contribution in [-0.4, -0.2) is 35.5 Å². The lowest BCUT2D eigenvalue weighted by Gasteiger charge is -2.09. The summed E-state index contributed by atoms with van der Waals surface area (Å²) in [6.07, 6.45) is -0.435.